The minimum absolute atomic E-state index is 0.0910. The van der Waals surface area contributed by atoms with Crippen LogP contribution in [0.5, 0.6) is 0 Å². The molecule has 0 N–H and O–H groups in total. The van der Waals surface area contributed by atoms with Crippen molar-refractivity contribution in [1.82, 2.24) is 4.90 Å². The van der Waals surface area contributed by atoms with Gasteiger partial charge < -0.3 is 4.90 Å². The molecule has 1 amide bonds. The molecule has 9 heteroatoms. The lowest BCUT2D eigenvalue weighted by atomic mass is 10.0. The van der Waals surface area contributed by atoms with Gasteiger partial charge in [-0.3, -0.25) is 4.79 Å². The molecule has 138 valence electrons. The maximum absolute atomic E-state index is 13.0. The SMILES string of the molecule is O=C(c1ccccc1C(F)(F)F)N1CC(S(=O)(=O)c2ccc(F)cc2)C1. The Bertz CT molecular complexity index is 933. The van der Waals surface area contributed by atoms with E-state index in [0.717, 1.165) is 41.3 Å². The van der Waals surface area contributed by atoms with Crippen LogP contribution in [0.4, 0.5) is 17.6 Å². The van der Waals surface area contributed by atoms with Crippen molar-refractivity contribution in [3.63, 3.8) is 0 Å². The minimum Gasteiger partial charge on any atom is -0.336 e. The van der Waals surface area contributed by atoms with Crippen molar-refractivity contribution in [2.45, 2.75) is 16.3 Å². The lowest BCUT2D eigenvalue weighted by Crippen LogP contribution is -2.57. The number of alkyl halides is 3. The summed E-state index contributed by atoms with van der Waals surface area (Å²) in [6.07, 6.45) is -4.68. The van der Waals surface area contributed by atoms with E-state index in [9.17, 15) is 30.8 Å². The Morgan fingerprint density at radius 3 is 2.15 bits per heavy atom. The average Bonchev–Trinajstić information content (AvgIpc) is 2.52. The van der Waals surface area contributed by atoms with E-state index < -0.39 is 44.1 Å². The summed E-state index contributed by atoms with van der Waals surface area (Å²) < 4.78 is 76.8. The maximum atomic E-state index is 13.0. The molecular formula is C17H13F4NO3S. The van der Waals surface area contributed by atoms with Gasteiger partial charge in [-0.25, -0.2) is 12.8 Å². The van der Waals surface area contributed by atoms with Crippen LogP contribution in [-0.2, 0) is 16.0 Å². The Hall–Kier alpha value is -2.42. The summed E-state index contributed by atoms with van der Waals surface area (Å²) >= 11 is 0. The van der Waals surface area contributed by atoms with E-state index in [4.69, 9.17) is 0 Å². The van der Waals surface area contributed by atoms with Crippen LogP contribution < -0.4 is 0 Å². The molecule has 26 heavy (non-hydrogen) atoms. The number of rotatable bonds is 3. The monoisotopic (exact) mass is 387 g/mol. The van der Waals surface area contributed by atoms with Crippen LogP contribution in [0.2, 0.25) is 0 Å². The summed E-state index contributed by atoms with van der Waals surface area (Å²) in [4.78, 5) is 13.3. The first-order valence-corrected chi connectivity index (χ1v) is 9.10. The first kappa shape index (κ1) is 18.4. The molecular weight excluding hydrogens is 374 g/mol. The average molecular weight is 387 g/mol. The molecule has 1 aliphatic heterocycles. The van der Waals surface area contributed by atoms with Crippen LogP contribution >= 0.6 is 0 Å². The van der Waals surface area contributed by atoms with Crippen molar-refractivity contribution in [1.29, 1.82) is 0 Å². The standard InChI is InChI=1S/C17H13F4NO3S/c18-11-5-7-12(8-6-11)26(24,25)13-9-22(10-13)16(23)14-3-1-2-4-15(14)17(19,20)21/h1-8,13H,9-10H2. The number of hydrogen-bond donors (Lipinski definition) is 0. The molecule has 1 heterocycles. The first-order chi connectivity index (χ1) is 12.1. The molecule has 0 unspecified atom stereocenters. The van der Waals surface area contributed by atoms with Gasteiger partial charge in [0.25, 0.3) is 5.91 Å². The predicted octanol–water partition coefficient (Wildman–Crippen LogP) is 3.14. The van der Waals surface area contributed by atoms with Crippen molar-refractivity contribution in [3.05, 3.63) is 65.5 Å². The normalized spacial score (nSPS) is 15.6. The largest absolute Gasteiger partial charge is 0.417 e. The summed E-state index contributed by atoms with van der Waals surface area (Å²) in [5.41, 5.74) is -1.58. The van der Waals surface area contributed by atoms with Crippen LogP contribution in [0, 0.1) is 5.82 Å². The Morgan fingerprint density at radius 2 is 1.58 bits per heavy atom. The van der Waals surface area contributed by atoms with Gasteiger partial charge in [0.1, 0.15) is 11.1 Å². The van der Waals surface area contributed by atoms with Gasteiger partial charge in [0.2, 0.25) is 0 Å². The topological polar surface area (TPSA) is 54.5 Å². The number of hydrogen-bond acceptors (Lipinski definition) is 3. The summed E-state index contributed by atoms with van der Waals surface area (Å²) in [6, 6.07) is 8.61. The van der Waals surface area contributed by atoms with Gasteiger partial charge >= 0.3 is 6.18 Å². The zero-order valence-corrected chi connectivity index (χ0v) is 14.0. The molecule has 2 aromatic carbocycles. The number of halogens is 4. The number of nitrogens with zero attached hydrogens (tertiary/aromatic N) is 1. The van der Waals surface area contributed by atoms with E-state index in [1.165, 1.54) is 12.1 Å². The second kappa shape index (κ2) is 6.39. The molecule has 0 atom stereocenters. The predicted molar refractivity (Wildman–Crippen MR) is 84.7 cm³/mol. The highest BCUT2D eigenvalue weighted by Gasteiger charge is 2.43. The molecule has 2 aromatic rings. The van der Waals surface area contributed by atoms with Gasteiger partial charge in [-0.1, -0.05) is 12.1 Å². The maximum Gasteiger partial charge on any atom is 0.417 e. The quantitative estimate of drug-likeness (QED) is 0.601. The van der Waals surface area contributed by atoms with Crippen LogP contribution in [0.1, 0.15) is 15.9 Å². The van der Waals surface area contributed by atoms with Crippen LogP contribution in [0.3, 0.4) is 0 Å². The van der Waals surface area contributed by atoms with E-state index in [1.807, 2.05) is 0 Å². The molecule has 4 nitrogen and oxygen atoms in total. The van der Waals surface area contributed by atoms with E-state index in [-0.39, 0.29) is 18.0 Å². The van der Waals surface area contributed by atoms with Gasteiger partial charge in [-0.15, -0.1) is 0 Å². The number of carbonyl (C=O) groups is 1. The van der Waals surface area contributed by atoms with E-state index in [1.54, 1.807) is 0 Å². The molecule has 0 bridgehead atoms. The zero-order valence-electron chi connectivity index (χ0n) is 13.2. The molecule has 0 saturated carbocycles. The summed E-state index contributed by atoms with van der Waals surface area (Å²) in [7, 11) is -3.79. The van der Waals surface area contributed by atoms with Crippen molar-refractivity contribution >= 4 is 15.7 Å². The molecule has 0 aromatic heterocycles. The molecule has 0 radical (unpaired) electrons. The third-order valence-electron chi connectivity index (χ3n) is 4.18. The molecule has 1 aliphatic rings. The van der Waals surface area contributed by atoms with Gasteiger partial charge in [-0.2, -0.15) is 13.2 Å². The third kappa shape index (κ3) is 3.31. The number of sulfone groups is 1. The van der Waals surface area contributed by atoms with Crippen molar-refractivity contribution in [3.8, 4) is 0 Å². The lowest BCUT2D eigenvalue weighted by molar-refractivity contribution is -0.138. The molecule has 1 fully saturated rings. The number of benzene rings is 2. The van der Waals surface area contributed by atoms with Gasteiger partial charge in [-0.05, 0) is 36.4 Å². The Balaban J connectivity index is 1.76. The Labute approximate surface area is 147 Å². The van der Waals surface area contributed by atoms with E-state index in [2.05, 4.69) is 0 Å². The van der Waals surface area contributed by atoms with Crippen LogP contribution in [0.25, 0.3) is 0 Å². The van der Waals surface area contributed by atoms with Gasteiger partial charge in [0.15, 0.2) is 9.84 Å². The molecule has 3 rings (SSSR count). The molecule has 0 aliphatic carbocycles. The number of carbonyl (C=O) groups excluding carboxylic acids is 1. The van der Waals surface area contributed by atoms with E-state index in [0.29, 0.717) is 0 Å². The van der Waals surface area contributed by atoms with Gasteiger partial charge in [0.05, 0.1) is 16.0 Å². The second-order valence-corrected chi connectivity index (χ2v) is 8.10. The highest BCUT2D eigenvalue weighted by Crippen LogP contribution is 2.33. The van der Waals surface area contributed by atoms with Crippen molar-refractivity contribution < 1.29 is 30.8 Å². The molecule has 1 saturated heterocycles. The minimum atomic E-state index is -4.68. The second-order valence-electron chi connectivity index (χ2n) is 5.87. The highest BCUT2D eigenvalue weighted by molar-refractivity contribution is 7.92. The number of likely N-dealkylation sites (tertiary alicyclic amines) is 1. The molecule has 0 spiro atoms. The van der Waals surface area contributed by atoms with Crippen molar-refractivity contribution in [2.75, 3.05) is 13.1 Å². The lowest BCUT2D eigenvalue weighted by Gasteiger charge is -2.39. The smallest absolute Gasteiger partial charge is 0.336 e. The first-order valence-electron chi connectivity index (χ1n) is 7.55. The number of amides is 1. The third-order valence-corrected chi connectivity index (χ3v) is 6.28. The summed E-state index contributed by atoms with van der Waals surface area (Å²) in [5.74, 6) is -1.46. The highest BCUT2D eigenvalue weighted by atomic mass is 32.2. The fourth-order valence-electron chi connectivity index (χ4n) is 2.70. The summed E-state index contributed by atoms with van der Waals surface area (Å²) in [5, 5.41) is -0.935. The van der Waals surface area contributed by atoms with Crippen molar-refractivity contribution in [2.24, 2.45) is 0 Å². The van der Waals surface area contributed by atoms with E-state index >= 15 is 0 Å². The fraction of sp³-hybridized carbons (Fsp3) is 0.235. The fourth-order valence-corrected chi connectivity index (χ4v) is 4.36. The Kier molecular flexibility index (Phi) is 4.51. The van der Waals surface area contributed by atoms with Crippen LogP contribution in [0.15, 0.2) is 53.4 Å². The zero-order chi connectivity index (χ0) is 19.1. The summed E-state index contributed by atoms with van der Waals surface area (Å²) in [6.45, 7) is -0.435. The Morgan fingerprint density at radius 1 is 1.00 bits per heavy atom. The van der Waals surface area contributed by atoms with Crippen LogP contribution in [-0.4, -0.2) is 37.6 Å². The van der Waals surface area contributed by atoms with Gasteiger partial charge in [0, 0.05) is 13.1 Å².